The van der Waals surface area contributed by atoms with Crippen molar-refractivity contribution in [3.8, 4) is 11.8 Å². The van der Waals surface area contributed by atoms with Gasteiger partial charge in [0.25, 0.3) is 0 Å². The number of rotatable bonds is 6. The van der Waals surface area contributed by atoms with E-state index >= 15 is 0 Å². The summed E-state index contributed by atoms with van der Waals surface area (Å²) in [4.78, 5) is 0. The average molecular weight is 293 g/mol. The highest BCUT2D eigenvalue weighted by molar-refractivity contribution is 5.44. The van der Waals surface area contributed by atoms with Gasteiger partial charge in [0, 0.05) is 0 Å². The lowest BCUT2D eigenvalue weighted by Crippen LogP contribution is -2.00. The van der Waals surface area contributed by atoms with Crippen molar-refractivity contribution < 1.29 is 4.74 Å². The van der Waals surface area contributed by atoms with E-state index in [-0.39, 0.29) is 0 Å². The molecular weight excluding hydrogens is 274 g/mol. The maximum atomic E-state index is 8.74. The molecule has 2 aromatic carbocycles. The Morgan fingerprint density at radius 3 is 2.00 bits per heavy atom. The first-order valence-corrected chi connectivity index (χ1v) is 7.32. The summed E-state index contributed by atoms with van der Waals surface area (Å²) < 4.78 is 5.66. The van der Waals surface area contributed by atoms with Crippen molar-refractivity contribution in [1.82, 2.24) is 0 Å². The molecule has 0 fully saturated rings. The average Bonchev–Trinajstić information content (AvgIpc) is 2.54. The lowest BCUT2D eigenvalue weighted by molar-refractivity contribution is 0.289. The van der Waals surface area contributed by atoms with Crippen molar-refractivity contribution >= 4 is 11.4 Å². The Morgan fingerprint density at radius 2 is 1.50 bits per heavy atom. The normalized spacial score (nSPS) is 10.8. The predicted octanol–water partition coefficient (Wildman–Crippen LogP) is 5.40. The Bertz CT molecular complexity index is 652. The van der Waals surface area contributed by atoms with E-state index in [9.17, 15) is 0 Å². The summed E-state index contributed by atoms with van der Waals surface area (Å²) in [6.45, 7) is 5.08. The van der Waals surface area contributed by atoms with Crippen molar-refractivity contribution in [2.75, 3.05) is 6.61 Å². The molecule has 0 aromatic heterocycles. The van der Waals surface area contributed by atoms with Gasteiger partial charge in [-0.2, -0.15) is 15.5 Å². The number of nitrogens with zero attached hydrogens (tertiary/aromatic N) is 3. The highest BCUT2D eigenvalue weighted by Crippen LogP contribution is 2.21. The molecule has 0 spiro atoms. The van der Waals surface area contributed by atoms with E-state index in [0.29, 0.717) is 11.5 Å². The summed E-state index contributed by atoms with van der Waals surface area (Å²) >= 11 is 0. The number of hydrogen-bond acceptors (Lipinski definition) is 4. The second-order valence-electron chi connectivity index (χ2n) is 5.38. The summed E-state index contributed by atoms with van der Waals surface area (Å²) in [5.74, 6) is 1.48. The van der Waals surface area contributed by atoms with Crippen LogP contribution in [0.3, 0.4) is 0 Å². The van der Waals surface area contributed by atoms with Gasteiger partial charge in [0.15, 0.2) is 0 Å². The summed E-state index contributed by atoms with van der Waals surface area (Å²) in [6.07, 6.45) is 1.04. The molecule has 0 atom stereocenters. The molecule has 0 radical (unpaired) electrons. The Morgan fingerprint density at radius 1 is 0.955 bits per heavy atom. The fourth-order valence-corrected chi connectivity index (χ4v) is 1.74. The summed E-state index contributed by atoms with van der Waals surface area (Å²) in [5.41, 5.74) is 2.10. The summed E-state index contributed by atoms with van der Waals surface area (Å²) in [6, 6.07) is 16.6. The van der Waals surface area contributed by atoms with Crippen molar-refractivity contribution in [1.29, 1.82) is 5.26 Å². The van der Waals surface area contributed by atoms with E-state index in [1.807, 2.05) is 24.3 Å². The van der Waals surface area contributed by atoms with Crippen LogP contribution in [-0.2, 0) is 0 Å². The molecule has 0 saturated carbocycles. The van der Waals surface area contributed by atoms with Crippen molar-refractivity contribution in [2.45, 2.75) is 20.3 Å². The zero-order chi connectivity index (χ0) is 15.8. The van der Waals surface area contributed by atoms with Crippen LogP contribution >= 0.6 is 0 Å². The third-order valence-corrected chi connectivity index (χ3v) is 3.08. The van der Waals surface area contributed by atoms with Crippen LogP contribution in [0.15, 0.2) is 58.8 Å². The molecule has 2 rings (SSSR count). The van der Waals surface area contributed by atoms with Crippen molar-refractivity contribution in [3.63, 3.8) is 0 Å². The number of benzene rings is 2. The molecule has 4 nitrogen and oxygen atoms in total. The van der Waals surface area contributed by atoms with Crippen LogP contribution in [0, 0.1) is 17.2 Å². The van der Waals surface area contributed by atoms with Crippen LogP contribution in [0.2, 0.25) is 0 Å². The fourth-order valence-electron chi connectivity index (χ4n) is 1.74. The molecule has 22 heavy (non-hydrogen) atoms. The van der Waals surface area contributed by atoms with Gasteiger partial charge in [0.1, 0.15) is 5.75 Å². The Kier molecular flexibility index (Phi) is 5.67. The third kappa shape index (κ3) is 5.02. The summed E-state index contributed by atoms with van der Waals surface area (Å²) in [5, 5.41) is 17.0. The van der Waals surface area contributed by atoms with Gasteiger partial charge in [-0.05, 0) is 60.9 Å². The topological polar surface area (TPSA) is 57.7 Å². The molecule has 0 amide bonds. The zero-order valence-corrected chi connectivity index (χ0v) is 12.9. The van der Waals surface area contributed by atoms with Crippen LogP contribution in [0.5, 0.6) is 5.75 Å². The highest BCUT2D eigenvalue weighted by Gasteiger charge is 1.97. The highest BCUT2D eigenvalue weighted by atomic mass is 16.5. The van der Waals surface area contributed by atoms with E-state index in [1.54, 1.807) is 24.3 Å². The van der Waals surface area contributed by atoms with E-state index in [0.717, 1.165) is 30.2 Å². The van der Waals surface area contributed by atoms with Crippen LogP contribution in [0.4, 0.5) is 11.4 Å². The van der Waals surface area contributed by atoms with E-state index in [2.05, 4.69) is 30.1 Å². The quantitative estimate of drug-likeness (QED) is 0.669. The molecule has 0 unspecified atom stereocenters. The van der Waals surface area contributed by atoms with Gasteiger partial charge in [0.2, 0.25) is 0 Å². The zero-order valence-electron chi connectivity index (χ0n) is 12.9. The SMILES string of the molecule is CC(C)CCOc1ccc(N=Nc2ccc(C#N)cc2)cc1. The van der Waals surface area contributed by atoms with Gasteiger partial charge >= 0.3 is 0 Å². The largest absolute Gasteiger partial charge is 0.494 e. The predicted molar refractivity (Wildman–Crippen MR) is 86.7 cm³/mol. The van der Waals surface area contributed by atoms with Crippen LogP contribution in [-0.4, -0.2) is 6.61 Å². The smallest absolute Gasteiger partial charge is 0.119 e. The number of azo groups is 1. The minimum Gasteiger partial charge on any atom is -0.494 e. The molecule has 0 aliphatic heterocycles. The van der Waals surface area contributed by atoms with Gasteiger partial charge in [-0.15, -0.1) is 0 Å². The van der Waals surface area contributed by atoms with Crippen LogP contribution in [0.25, 0.3) is 0 Å². The van der Waals surface area contributed by atoms with Gasteiger partial charge in [-0.3, -0.25) is 0 Å². The van der Waals surface area contributed by atoms with Crippen molar-refractivity contribution in [3.05, 3.63) is 54.1 Å². The maximum Gasteiger partial charge on any atom is 0.119 e. The van der Waals surface area contributed by atoms with Gasteiger partial charge < -0.3 is 4.74 Å². The lowest BCUT2D eigenvalue weighted by atomic mass is 10.1. The Hall–Kier alpha value is -2.67. The molecule has 0 N–H and O–H groups in total. The van der Waals surface area contributed by atoms with Crippen LogP contribution in [0.1, 0.15) is 25.8 Å². The lowest BCUT2D eigenvalue weighted by Gasteiger charge is -2.07. The first-order chi connectivity index (χ1) is 10.7. The minimum atomic E-state index is 0.613. The molecule has 0 aliphatic rings. The molecule has 2 aromatic rings. The molecule has 4 heteroatoms. The van der Waals surface area contributed by atoms with Gasteiger partial charge in [-0.25, -0.2) is 0 Å². The second kappa shape index (κ2) is 7.94. The van der Waals surface area contributed by atoms with Crippen molar-refractivity contribution in [2.24, 2.45) is 16.1 Å². The minimum absolute atomic E-state index is 0.613. The molecule has 0 aliphatic carbocycles. The first kappa shape index (κ1) is 15.7. The Labute approximate surface area is 131 Å². The molecular formula is C18H19N3O. The third-order valence-electron chi connectivity index (χ3n) is 3.08. The number of nitriles is 1. The molecule has 112 valence electrons. The number of ether oxygens (including phenoxy) is 1. The van der Waals surface area contributed by atoms with E-state index in [4.69, 9.17) is 10.00 Å². The van der Waals surface area contributed by atoms with Gasteiger partial charge in [0.05, 0.1) is 29.6 Å². The van der Waals surface area contributed by atoms with E-state index in [1.165, 1.54) is 0 Å². The number of hydrogen-bond donors (Lipinski definition) is 0. The standard InChI is InChI=1S/C18H19N3O/c1-14(2)11-12-22-18-9-7-17(8-10-18)21-20-16-5-3-15(13-19)4-6-16/h3-10,14H,11-12H2,1-2H3. The maximum absolute atomic E-state index is 8.74. The molecule has 0 bridgehead atoms. The summed E-state index contributed by atoms with van der Waals surface area (Å²) in [7, 11) is 0. The van der Waals surface area contributed by atoms with E-state index < -0.39 is 0 Å². The molecule has 0 heterocycles. The Balaban J connectivity index is 1.92. The van der Waals surface area contributed by atoms with Gasteiger partial charge in [-0.1, -0.05) is 13.8 Å². The second-order valence-corrected chi connectivity index (χ2v) is 5.38. The first-order valence-electron chi connectivity index (χ1n) is 7.32. The molecule has 0 saturated heterocycles. The van der Waals surface area contributed by atoms with Crippen LogP contribution < -0.4 is 4.74 Å². The fraction of sp³-hybridized carbons (Fsp3) is 0.278. The monoisotopic (exact) mass is 293 g/mol.